The number of pyridine rings is 1. The second kappa shape index (κ2) is 6.89. The lowest BCUT2D eigenvalue weighted by Gasteiger charge is -2.41. The fourth-order valence-electron chi connectivity index (χ4n) is 4.05. The number of rotatable bonds is 2. The van der Waals surface area contributed by atoms with Crippen molar-refractivity contribution in [3.05, 3.63) is 48.5 Å². The summed E-state index contributed by atoms with van der Waals surface area (Å²) in [6.45, 7) is 4.70. The highest BCUT2D eigenvalue weighted by molar-refractivity contribution is 5.67. The molecule has 2 bridgehead atoms. The van der Waals surface area contributed by atoms with Crippen molar-refractivity contribution in [3.63, 3.8) is 0 Å². The Hall–Kier alpha value is -1.94. The Morgan fingerprint density at radius 1 is 0.875 bits per heavy atom. The fraction of sp³-hybridized carbons (Fsp3) is 0.450. The van der Waals surface area contributed by atoms with Crippen LogP contribution < -0.4 is 4.90 Å². The van der Waals surface area contributed by atoms with Crippen LogP contribution in [0, 0.1) is 5.82 Å². The highest BCUT2D eigenvalue weighted by Gasteiger charge is 2.25. The molecule has 0 atom stereocenters. The minimum Gasteiger partial charge on any atom is -0.366 e. The van der Waals surface area contributed by atoms with Gasteiger partial charge >= 0.3 is 0 Å². The van der Waals surface area contributed by atoms with Crippen LogP contribution in [0.4, 0.5) is 10.1 Å². The van der Waals surface area contributed by atoms with Crippen molar-refractivity contribution in [3.8, 4) is 11.1 Å². The van der Waals surface area contributed by atoms with E-state index in [1.807, 2.05) is 24.5 Å². The number of benzene rings is 1. The average Bonchev–Trinajstić information content (AvgIpc) is 2.54. The Labute approximate surface area is 143 Å². The van der Waals surface area contributed by atoms with Crippen LogP contribution in [0.5, 0.6) is 0 Å². The van der Waals surface area contributed by atoms with Crippen molar-refractivity contribution in [1.82, 2.24) is 9.88 Å². The number of halogens is 1. The van der Waals surface area contributed by atoms with E-state index < -0.39 is 0 Å². The zero-order valence-corrected chi connectivity index (χ0v) is 14.0. The van der Waals surface area contributed by atoms with Crippen molar-refractivity contribution < 1.29 is 4.39 Å². The quantitative estimate of drug-likeness (QED) is 0.833. The standard InChI is InChI=1S/C20H24FN3/c21-18-7-5-16(6-8-18)17-13-20(15-22-14-17)24-12-11-23-9-1-3-19(24)4-2-10-23/h5-8,13-15,19H,1-4,9-12H2. The number of hydrogen-bond donors (Lipinski definition) is 0. The summed E-state index contributed by atoms with van der Waals surface area (Å²) in [5, 5.41) is 0. The predicted molar refractivity (Wildman–Crippen MR) is 95.7 cm³/mol. The molecule has 1 aromatic heterocycles. The van der Waals surface area contributed by atoms with E-state index in [4.69, 9.17) is 0 Å². The van der Waals surface area contributed by atoms with E-state index >= 15 is 0 Å². The zero-order valence-electron chi connectivity index (χ0n) is 14.0. The normalized spacial score (nSPS) is 24.3. The molecule has 0 aliphatic carbocycles. The second-order valence-electron chi connectivity index (χ2n) is 6.91. The molecule has 24 heavy (non-hydrogen) atoms. The van der Waals surface area contributed by atoms with Gasteiger partial charge < -0.3 is 9.80 Å². The maximum Gasteiger partial charge on any atom is 0.123 e. The molecule has 4 heterocycles. The summed E-state index contributed by atoms with van der Waals surface area (Å²) in [5.41, 5.74) is 3.27. The van der Waals surface area contributed by atoms with E-state index in [0.29, 0.717) is 6.04 Å². The summed E-state index contributed by atoms with van der Waals surface area (Å²) in [7, 11) is 0. The van der Waals surface area contributed by atoms with E-state index in [9.17, 15) is 4.39 Å². The Morgan fingerprint density at radius 3 is 2.38 bits per heavy atom. The highest BCUT2D eigenvalue weighted by atomic mass is 19.1. The van der Waals surface area contributed by atoms with Gasteiger partial charge in [-0.3, -0.25) is 4.98 Å². The molecule has 3 aliphatic rings. The van der Waals surface area contributed by atoms with Gasteiger partial charge in [0, 0.05) is 30.9 Å². The van der Waals surface area contributed by atoms with Gasteiger partial charge in [0.15, 0.2) is 0 Å². The summed E-state index contributed by atoms with van der Waals surface area (Å²) >= 11 is 0. The number of anilines is 1. The lowest BCUT2D eigenvalue weighted by atomic mass is 9.98. The molecule has 5 rings (SSSR count). The first kappa shape index (κ1) is 15.6. The predicted octanol–water partition coefficient (Wildman–Crippen LogP) is 3.95. The van der Waals surface area contributed by atoms with E-state index in [2.05, 4.69) is 20.9 Å². The van der Waals surface area contributed by atoms with Crippen molar-refractivity contribution in [1.29, 1.82) is 0 Å². The van der Waals surface area contributed by atoms with E-state index in [1.54, 1.807) is 0 Å². The Balaban J connectivity index is 1.63. The van der Waals surface area contributed by atoms with Gasteiger partial charge in [0.25, 0.3) is 0 Å². The van der Waals surface area contributed by atoms with Crippen molar-refractivity contribution in [2.45, 2.75) is 31.7 Å². The lowest BCUT2D eigenvalue weighted by molar-refractivity contribution is 0.217. The Morgan fingerprint density at radius 2 is 1.62 bits per heavy atom. The van der Waals surface area contributed by atoms with E-state index in [-0.39, 0.29) is 5.82 Å². The van der Waals surface area contributed by atoms with Crippen LogP contribution in [0.2, 0.25) is 0 Å². The number of nitrogens with zero attached hydrogens (tertiary/aromatic N) is 3. The van der Waals surface area contributed by atoms with Gasteiger partial charge in [-0.15, -0.1) is 0 Å². The molecule has 0 N–H and O–H groups in total. The van der Waals surface area contributed by atoms with Gasteiger partial charge in [-0.25, -0.2) is 4.39 Å². The zero-order chi connectivity index (χ0) is 16.4. The summed E-state index contributed by atoms with van der Waals surface area (Å²) in [4.78, 5) is 9.61. The van der Waals surface area contributed by atoms with E-state index in [1.165, 1.54) is 56.6 Å². The van der Waals surface area contributed by atoms with Crippen molar-refractivity contribution >= 4 is 5.69 Å². The maximum absolute atomic E-state index is 13.2. The molecule has 2 aromatic rings. The molecule has 0 amide bonds. The maximum atomic E-state index is 13.2. The van der Waals surface area contributed by atoms with Crippen LogP contribution in [0.3, 0.4) is 0 Å². The molecule has 0 unspecified atom stereocenters. The number of aromatic nitrogens is 1. The Kier molecular flexibility index (Phi) is 4.48. The highest BCUT2D eigenvalue weighted by Crippen LogP contribution is 2.29. The summed E-state index contributed by atoms with van der Waals surface area (Å²) in [5.74, 6) is -0.200. The first-order valence-corrected chi connectivity index (χ1v) is 8.99. The molecule has 0 radical (unpaired) electrons. The third-order valence-electron chi connectivity index (χ3n) is 5.35. The summed E-state index contributed by atoms with van der Waals surface area (Å²) in [6, 6.07) is 9.50. The molecule has 3 saturated heterocycles. The van der Waals surface area contributed by atoms with Crippen LogP contribution >= 0.6 is 0 Å². The molecule has 1 aromatic carbocycles. The minimum atomic E-state index is -0.200. The van der Waals surface area contributed by atoms with Crippen molar-refractivity contribution in [2.24, 2.45) is 0 Å². The summed E-state index contributed by atoms with van der Waals surface area (Å²) < 4.78 is 13.2. The van der Waals surface area contributed by atoms with Crippen LogP contribution in [-0.2, 0) is 0 Å². The largest absolute Gasteiger partial charge is 0.366 e. The lowest BCUT2D eigenvalue weighted by Crippen LogP contribution is -2.47. The van der Waals surface area contributed by atoms with Crippen molar-refractivity contribution in [2.75, 3.05) is 31.1 Å². The Bertz CT molecular complexity index is 676. The van der Waals surface area contributed by atoms with Crippen LogP contribution in [0.25, 0.3) is 11.1 Å². The molecule has 0 saturated carbocycles. The first-order chi connectivity index (χ1) is 11.8. The third-order valence-corrected chi connectivity index (χ3v) is 5.35. The monoisotopic (exact) mass is 325 g/mol. The van der Waals surface area contributed by atoms with Gasteiger partial charge in [0.05, 0.1) is 11.9 Å². The van der Waals surface area contributed by atoms with Crippen LogP contribution in [0.1, 0.15) is 25.7 Å². The molecule has 3 fully saturated rings. The second-order valence-corrected chi connectivity index (χ2v) is 6.91. The average molecular weight is 325 g/mol. The third kappa shape index (κ3) is 3.29. The molecular formula is C20H24FN3. The van der Waals surface area contributed by atoms with E-state index in [0.717, 1.165) is 24.2 Å². The fourth-order valence-corrected chi connectivity index (χ4v) is 4.05. The topological polar surface area (TPSA) is 19.4 Å². The van der Waals surface area contributed by atoms with Gasteiger partial charge in [-0.2, -0.15) is 0 Å². The minimum absolute atomic E-state index is 0.200. The first-order valence-electron chi connectivity index (χ1n) is 8.99. The smallest absolute Gasteiger partial charge is 0.123 e. The number of hydrogen-bond acceptors (Lipinski definition) is 3. The SMILES string of the molecule is Fc1ccc(-c2cncc(N3CCN4CCCC3CCC4)c2)cc1. The molecular weight excluding hydrogens is 301 g/mol. The molecule has 126 valence electrons. The molecule has 3 aliphatic heterocycles. The van der Waals surface area contributed by atoms with Crippen LogP contribution in [0.15, 0.2) is 42.7 Å². The molecule has 4 heteroatoms. The van der Waals surface area contributed by atoms with Gasteiger partial charge in [0.2, 0.25) is 0 Å². The molecule has 0 spiro atoms. The van der Waals surface area contributed by atoms with Gasteiger partial charge in [0.1, 0.15) is 5.82 Å². The summed E-state index contributed by atoms with van der Waals surface area (Å²) in [6.07, 6.45) is 8.94. The van der Waals surface area contributed by atoms with Crippen LogP contribution in [-0.4, -0.2) is 42.1 Å². The van der Waals surface area contributed by atoms with Gasteiger partial charge in [-0.05, 0) is 62.5 Å². The molecule has 3 nitrogen and oxygen atoms in total. The number of fused-ring (bicyclic) bond motifs is 6. The van der Waals surface area contributed by atoms with Gasteiger partial charge in [-0.1, -0.05) is 12.1 Å².